The first-order valence-corrected chi connectivity index (χ1v) is 10.5. The van der Waals surface area contributed by atoms with E-state index < -0.39 is 11.6 Å². The highest BCUT2D eigenvalue weighted by atomic mass is 35.5. The normalized spacial score (nSPS) is 12.7. The largest absolute Gasteiger partial charge is 0.358 e. The summed E-state index contributed by atoms with van der Waals surface area (Å²) in [5.41, 5.74) is 2.09. The van der Waals surface area contributed by atoms with E-state index in [1.54, 1.807) is 54.6 Å². The van der Waals surface area contributed by atoms with E-state index in [0.29, 0.717) is 39.8 Å². The van der Waals surface area contributed by atoms with Gasteiger partial charge in [0.25, 0.3) is 5.91 Å². The standard InChI is InChI=1S/C25H21ClFN3O2.CH4/c1-30-13-12-28-24(30)17-6-11-21(22(27)14-17)23(31)15-16-4-2-3-5-20(16)25(32)29-19-9-7-18(26)8-10-19;/h2-11,14H,12-13,15H2,1H3,(H,29,32);1H4. The number of carbonyl (C=O) groups excluding carboxylic acids is 2. The van der Waals surface area contributed by atoms with Crippen LogP contribution in [0.3, 0.4) is 0 Å². The zero-order chi connectivity index (χ0) is 22.7. The number of ketones is 1. The molecule has 3 aromatic rings. The van der Waals surface area contributed by atoms with E-state index in [9.17, 15) is 14.0 Å². The molecule has 0 aliphatic carbocycles. The maximum absolute atomic E-state index is 14.8. The molecule has 7 heteroatoms. The molecule has 5 nitrogen and oxygen atoms in total. The van der Waals surface area contributed by atoms with Crippen LogP contribution >= 0.6 is 11.6 Å². The van der Waals surface area contributed by atoms with Crippen molar-refractivity contribution in [3.05, 3.63) is 99.8 Å². The van der Waals surface area contributed by atoms with E-state index in [0.717, 1.165) is 6.54 Å². The van der Waals surface area contributed by atoms with Gasteiger partial charge in [0, 0.05) is 41.9 Å². The molecule has 0 saturated carbocycles. The average molecular weight is 466 g/mol. The number of amides is 1. The Labute approximate surface area is 197 Å². The SMILES string of the molecule is C.CN1CCN=C1c1ccc(C(=O)Cc2ccccc2C(=O)Nc2ccc(Cl)cc2)c(F)c1. The Morgan fingerprint density at radius 1 is 1.06 bits per heavy atom. The molecule has 1 N–H and O–H groups in total. The zero-order valence-electron chi connectivity index (χ0n) is 17.4. The Hall–Kier alpha value is -3.51. The summed E-state index contributed by atoms with van der Waals surface area (Å²) in [6, 6.07) is 18.1. The Morgan fingerprint density at radius 2 is 1.79 bits per heavy atom. The van der Waals surface area contributed by atoms with Crippen molar-refractivity contribution >= 4 is 34.8 Å². The number of amidine groups is 1. The second-order valence-corrected chi connectivity index (χ2v) is 7.98. The van der Waals surface area contributed by atoms with Gasteiger partial charge in [-0.3, -0.25) is 14.6 Å². The maximum Gasteiger partial charge on any atom is 0.255 e. The van der Waals surface area contributed by atoms with Gasteiger partial charge < -0.3 is 10.2 Å². The lowest BCUT2D eigenvalue weighted by Gasteiger charge is -2.14. The highest BCUT2D eigenvalue weighted by molar-refractivity contribution is 6.30. The number of nitrogens with zero attached hydrogens (tertiary/aromatic N) is 2. The first-order chi connectivity index (χ1) is 15.4. The quantitative estimate of drug-likeness (QED) is 0.490. The molecular formula is C26H25ClFN3O2. The van der Waals surface area contributed by atoms with Crippen molar-refractivity contribution in [2.75, 3.05) is 25.5 Å². The highest BCUT2D eigenvalue weighted by Gasteiger charge is 2.20. The molecule has 1 amide bonds. The Bertz CT molecular complexity index is 1210. The molecule has 33 heavy (non-hydrogen) atoms. The van der Waals surface area contributed by atoms with Crippen LogP contribution in [0.5, 0.6) is 0 Å². The number of anilines is 1. The van der Waals surface area contributed by atoms with Gasteiger partial charge in [0.1, 0.15) is 11.7 Å². The van der Waals surface area contributed by atoms with Gasteiger partial charge in [-0.05, 0) is 48.0 Å². The van der Waals surface area contributed by atoms with Crippen molar-refractivity contribution in [1.82, 2.24) is 4.90 Å². The molecule has 0 spiro atoms. The minimum absolute atomic E-state index is 0. The van der Waals surface area contributed by atoms with Crippen LogP contribution in [0.15, 0.2) is 71.7 Å². The number of hydrogen-bond acceptors (Lipinski definition) is 4. The van der Waals surface area contributed by atoms with Gasteiger partial charge in [-0.1, -0.05) is 43.3 Å². The zero-order valence-corrected chi connectivity index (χ0v) is 18.2. The van der Waals surface area contributed by atoms with Crippen LogP contribution in [0.25, 0.3) is 0 Å². The molecule has 170 valence electrons. The van der Waals surface area contributed by atoms with Gasteiger partial charge in [0.05, 0.1) is 12.1 Å². The first-order valence-electron chi connectivity index (χ1n) is 10.2. The molecule has 0 radical (unpaired) electrons. The van der Waals surface area contributed by atoms with Gasteiger partial charge in [-0.2, -0.15) is 0 Å². The maximum atomic E-state index is 14.8. The van der Waals surface area contributed by atoms with Crippen molar-refractivity contribution in [2.45, 2.75) is 13.8 Å². The second-order valence-electron chi connectivity index (χ2n) is 7.54. The molecule has 0 bridgehead atoms. The summed E-state index contributed by atoms with van der Waals surface area (Å²) in [6.07, 6.45) is -0.0959. The topological polar surface area (TPSA) is 61.8 Å². The van der Waals surface area contributed by atoms with Crippen molar-refractivity contribution < 1.29 is 14.0 Å². The van der Waals surface area contributed by atoms with Gasteiger partial charge in [-0.15, -0.1) is 0 Å². The number of halogens is 2. The lowest BCUT2D eigenvalue weighted by atomic mass is 9.97. The van der Waals surface area contributed by atoms with E-state index in [4.69, 9.17) is 11.6 Å². The van der Waals surface area contributed by atoms with Crippen molar-refractivity contribution in [3.8, 4) is 0 Å². The van der Waals surface area contributed by atoms with E-state index in [1.165, 1.54) is 12.1 Å². The Kier molecular flexibility index (Phi) is 7.61. The van der Waals surface area contributed by atoms with E-state index >= 15 is 0 Å². The third-order valence-electron chi connectivity index (χ3n) is 5.30. The molecule has 1 aliphatic rings. The lowest BCUT2D eigenvalue weighted by Crippen LogP contribution is -2.23. The fraction of sp³-hybridized carbons (Fsp3) is 0.192. The summed E-state index contributed by atoms with van der Waals surface area (Å²) in [4.78, 5) is 32.0. The van der Waals surface area contributed by atoms with Gasteiger partial charge in [0.15, 0.2) is 5.78 Å². The number of aliphatic imine (C=N–C) groups is 1. The average Bonchev–Trinajstić information content (AvgIpc) is 3.21. The predicted molar refractivity (Wildman–Crippen MR) is 131 cm³/mol. The molecule has 1 heterocycles. The third kappa shape index (κ3) is 5.46. The predicted octanol–water partition coefficient (Wildman–Crippen LogP) is 5.48. The van der Waals surface area contributed by atoms with Crippen LogP contribution in [0, 0.1) is 5.82 Å². The molecule has 0 unspecified atom stereocenters. The Morgan fingerprint density at radius 3 is 2.45 bits per heavy atom. The number of carbonyl (C=O) groups is 2. The number of likely N-dealkylation sites (N-methyl/N-ethyl adjacent to an activating group) is 1. The fourth-order valence-electron chi connectivity index (χ4n) is 3.62. The molecular weight excluding hydrogens is 441 g/mol. The molecule has 1 aliphatic heterocycles. The number of hydrogen-bond donors (Lipinski definition) is 1. The molecule has 0 aromatic heterocycles. The molecule has 0 fully saturated rings. The summed E-state index contributed by atoms with van der Waals surface area (Å²) in [5, 5.41) is 3.36. The third-order valence-corrected chi connectivity index (χ3v) is 5.55. The van der Waals surface area contributed by atoms with Crippen LogP contribution in [0.4, 0.5) is 10.1 Å². The van der Waals surface area contributed by atoms with Crippen LogP contribution < -0.4 is 5.32 Å². The van der Waals surface area contributed by atoms with E-state index in [1.807, 2.05) is 11.9 Å². The van der Waals surface area contributed by atoms with Crippen molar-refractivity contribution in [1.29, 1.82) is 0 Å². The summed E-state index contributed by atoms with van der Waals surface area (Å²) in [5.74, 6) is -0.637. The van der Waals surface area contributed by atoms with Crippen LogP contribution in [-0.2, 0) is 6.42 Å². The van der Waals surface area contributed by atoms with Gasteiger partial charge >= 0.3 is 0 Å². The van der Waals surface area contributed by atoms with Crippen LogP contribution in [0.1, 0.15) is 39.3 Å². The fourth-order valence-corrected chi connectivity index (χ4v) is 3.75. The number of benzene rings is 3. The monoisotopic (exact) mass is 465 g/mol. The van der Waals surface area contributed by atoms with Gasteiger partial charge in [-0.25, -0.2) is 4.39 Å². The lowest BCUT2D eigenvalue weighted by molar-refractivity contribution is 0.0988. The van der Waals surface area contributed by atoms with Crippen LogP contribution in [0.2, 0.25) is 5.02 Å². The number of nitrogens with one attached hydrogen (secondary N) is 1. The minimum atomic E-state index is -0.599. The van der Waals surface area contributed by atoms with E-state index in [2.05, 4.69) is 10.3 Å². The first kappa shape index (κ1) is 24.1. The second kappa shape index (κ2) is 10.4. The molecule has 0 atom stereocenters. The Balaban J connectivity index is 0.00000306. The van der Waals surface area contributed by atoms with E-state index in [-0.39, 0.29) is 25.3 Å². The van der Waals surface area contributed by atoms with Crippen LogP contribution in [-0.4, -0.2) is 42.6 Å². The number of rotatable bonds is 6. The summed E-state index contributed by atoms with van der Waals surface area (Å²) < 4.78 is 14.8. The molecule has 4 rings (SSSR count). The highest BCUT2D eigenvalue weighted by Crippen LogP contribution is 2.20. The van der Waals surface area contributed by atoms with Crippen molar-refractivity contribution in [2.24, 2.45) is 4.99 Å². The molecule has 3 aromatic carbocycles. The smallest absolute Gasteiger partial charge is 0.255 e. The summed E-state index contributed by atoms with van der Waals surface area (Å²) in [7, 11) is 1.90. The number of Topliss-reactive ketones (excluding diaryl/α,β-unsaturated/α-hetero) is 1. The summed E-state index contributed by atoms with van der Waals surface area (Å²) in [6.45, 7) is 1.45. The molecule has 0 saturated heterocycles. The summed E-state index contributed by atoms with van der Waals surface area (Å²) >= 11 is 5.88. The van der Waals surface area contributed by atoms with Crippen molar-refractivity contribution in [3.63, 3.8) is 0 Å². The van der Waals surface area contributed by atoms with Gasteiger partial charge in [0.2, 0.25) is 0 Å². The minimum Gasteiger partial charge on any atom is -0.358 e.